The van der Waals surface area contributed by atoms with Gasteiger partial charge in [-0.25, -0.2) is 4.79 Å². The Morgan fingerprint density at radius 2 is 1.88 bits per heavy atom. The average Bonchev–Trinajstić information content (AvgIpc) is 2.66. The molecule has 25 heavy (non-hydrogen) atoms. The highest BCUT2D eigenvalue weighted by Crippen LogP contribution is 2.35. The molecule has 1 fully saturated rings. The molecule has 2 aromatic rings. The SMILES string of the molecule is O=C(NCC1(c2cccc(Br)c2)CCOCC1)OCc1ccccc1. The number of rotatable bonds is 5. The van der Waals surface area contributed by atoms with Gasteiger partial charge in [-0.2, -0.15) is 0 Å². The minimum atomic E-state index is -0.385. The van der Waals surface area contributed by atoms with Crippen molar-refractivity contribution in [1.82, 2.24) is 5.32 Å². The van der Waals surface area contributed by atoms with Gasteiger partial charge in [0.2, 0.25) is 0 Å². The second-order valence-corrected chi connectivity index (χ2v) is 7.23. The molecule has 5 heteroatoms. The van der Waals surface area contributed by atoms with Crippen molar-refractivity contribution in [2.24, 2.45) is 0 Å². The maximum atomic E-state index is 12.1. The first-order valence-electron chi connectivity index (χ1n) is 8.46. The number of hydrogen-bond donors (Lipinski definition) is 1. The highest BCUT2D eigenvalue weighted by molar-refractivity contribution is 9.10. The number of halogens is 1. The molecular weight excluding hydrogens is 382 g/mol. The van der Waals surface area contributed by atoms with Gasteiger partial charge in [0.05, 0.1) is 0 Å². The number of carbonyl (C=O) groups excluding carboxylic acids is 1. The van der Waals surface area contributed by atoms with Gasteiger partial charge in [-0.15, -0.1) is 0 Å². The monoisotopic (exact) mass is 403 g/mol. The molecule has 1 N–H and O–H groups in total. The number of ether oxygens (including phenoxy) is 2. The van der Waals surface area contributed by atoms with Crippen molar-refractivity contribution >= 4 is 22.0 Å². The Labute approximate surface area is 156 Å². The topological polar surface area (TPSA) is 47.6 Å². The zero-order valence-electron chi connectivity index (χ0n) is 14.0. The molecule has 3 rings (SSSR count). The van der Waals surface area contributed by atoms with Crippen LogP contribution in [-0.2, 0) is 21.5 Å². The molecule has 0 spiro atoms. The summed E-state index contributed by atoms with van der Waals surface area (Å²) >= 11 is 3.54. The summed E-state index contributed by atoms with van der Waals surface area (Å²) < 4.78 is 11.9. The van der Waals surface area contributed by atoms with Crippen molar-refractivity contribution in [3.63, 3.8) is 0 Å². The van der Waals surface area contributed by atoms with Gasteiger partial charge < -0.3 is 14.8 Å². The van der Waals surface area contributed by atoms with E-state index in [1.54, 1.807) is 0 Å². The van der Waals surface area contributed by atoms with Crippen molar-refractivity contribution in [2.45, 2.75) is 24.9 Å². The maximum absolute atomic E-state index is 12.1. The Balaban J connectivity index is 1.62. The normalized spacial score (nSPS) is 16.2. The van der Waals surface area contributed by atoms with E-state index in [-0.39, 0.29) is 18.1 Å². The highest BCUT2D eigenvalue weighted by Gasteiger charge is 2.35. The third kappa shape index (κ3) is 4.83. The van der Waals surface area contributed by atoms with Gasteiger partial charge in [0.15, 0.2) is 0 Å². The quantitative estimate of drug-likeness (QED) is 0.803. The summed E-state index contributed by atoms with van der Waals surface area (Å²) in [5, 5.41) is 2.95. The summed E-state index contributed by atoms with van der Waals surface area (Å²) in [7, 11) is 0. The van der Waals surface area contributed by atoms with E-state index >= 15 is 0 Å². The molecule has 1 saturated heterocycles. The van der Waals surface area contributed by atoms with E-state index in [4.69, 9.17) is 9.47 Å². The smallest absolute Gasteiger partial charge is 0.407 e. The van der Waals surface area contributed by atoms with E-state index in [1.165, 1.54) is 5.56 Å². The van der Waals surface area contributed by atoms with Crippen LogP contribution in [0.3, 0.4) is 0 Å². The molecule has 0 saturated carbocycles. The molecule has 0 unspecified atom stereocenters. The predicted molar refractivity (Wildman–Crippen MR) is 101 cm³/mol. The van der Waals surface area contributed by atoms with E-state index in [9.17, 15) is 4.79 Å². The van der Waals surface area contributed by atoms with Crippen LogP contribution in [0.5, 0.6) is 0 Å². The van der Waals surface area contributed by atoms with Crippen LogP contribution < -0.4 is 5.32 Å². The van der Waals surface area contributed by atoms with Crippen LogP contribution in [0, 0.1) is 0 Å². The van der Waals surface area contributed by atoms with Gasteiger partial charge in [-0.05, 0) is 36.1 Å². The van der Waals surface area contributed by atoms with Crippen molar-refractivity contribution in [3.05, 3.63) is 70.2 Å². The number of hydrogen-bond acceptors (Lipinski definition) is 3. The maximum Gasteiger partial charge on any atom is 0.407 e. The lowest BCUT2D eigenvalue weighted by atomic mass is 9.74. The first-order valence-corrected chi connectivity index (χ1v) is 9.26. The van der Waals surface area contributed by atoms with Crippen LogP contribution in [0.2, 0.25) is 0 Å². The Kier molecular flexibility index (Phi) is 6.10. The number of amides is 1. The standard InChI is InChI=1S/C20H22BrNO3/c21-18-8-4-7-17(13-18)20(9-11-24-12-10-20)15-22-19(23)25-14-16-5-2-1-3-6-16/h1-8,13H,9-12,14-15H2,(H,22,23). The fraction of sp³-hybridized carbons (Fsp3) is 0.350. The van der Waals surface area contributed by atoms with Crippen LogP contribution in [0.15, 0.2) is 59.1 Å². The minimum Gasteiger partial charge on any atom is -0.445 e. The summed E-state index contributed by atoms with van der Waals surface area (Å²) in [6.07, 6.45) is 1.37. The zero-order valence-corrected chi connectivity index (χ0v) is 15.6. The first kappa shape index (κ1) is 18.0. The summed E-state index contributed by atoms with van der Waals surface area (Å²) in [5.41, 5.74) is 2.08. The third-order valence-electron chi connectivity index (χ3n) is 4.67. The molecule has 0 aromatic heterocycles. The number of benzene rings is 2. The predicted octanol–water partition coefficient (Wildman–Crippen LogP) is 4.42. The zero-order chi connectivity index (χ0) is 17.5. The molecule has 4 nitrogen and oxygen atoms in total. The summed E-state index contributed by atoms with van der Waals surface area (Å²) in [4.78, 5) is 12.1. The number of carbonyl (C=O) groups is 1. The largest absolute Gasteiger partial charge is 0.445 e. The van der Waals surface area contributed by atoms with Gasteiger partial charge in [-0.3, -0.25) is 0 Å². The lowest BCUT2D eigenvalue weighted by Crippen LogP contribution is -2.44. The van der Waals surface area contributed by atoms with Gasteiger partial charge in [0.1, 0.15) is 6.61 Å². The van der Waals surface area contributed by atoms with E-state index in [1.807, 2.05) is 42.5 Å². The molecule has 2 aromatic carbocycles. The third-order valence-corrected chi connectivity index (χ3v) is 5.16. The molecule has 0 atom stereocenters. The molecule has 0 aliphatic carbocycles. The number of nitrogens with one attached hydrogen (secondary N) is 1. The van der Waals surface area contributed by atoms with E-state index in [0.29, 0.717) is 19.8 Å². The van der Waals surface area contributed by atoms with Crippen molar-refractivity contribution in [2.75, 3.05) is 19.8 Å². The average molecular weight is 404 g/mol. The van der Waals surface area contributed by atoms with Crippen LogP contribution in [0.25, 0.3) is 0 Å². The van der Waals surface area contributed by atoms with Crippen molar-refractivity contribution in [1.29, 1.82) is 0 Å². The second-order valence-electron chi connectivity index (χ2n) is 6.32. The Hall–Kier alpha value is -1.85. The summed E-state index contributed by atoms with van der Waals surface area (Å²) in [6, 6.07) is 18.0. The van der Waals surface area contributed by atoms with Gasteiger partial charge in [0, 0.05) is 29.6 Å². The minimum absolute atomic E-state index is 0.117. The molecule has 132 valence electrons. The lowest BCUT2D eigenvalue weighted by molar-refractivity contribution is 0.0487. The van der Waals surface area contributed by atoms with Gasteiger partial charge >= 0.3 is 6.09 Å². The van der Waals surface area contributed by atoms with Crippen LogP contribution in [0.4, 0.5) is 4.79 Å². The molecule has 1 aliphatic heterocycles. The van der Waals surface area contributed by atoms with E-state index < -0.39 is 0 Å². The highest BCUT2D eigenvalue weighted by atomic mass is 79.9. The fourth-order valence-electron chi connectivity index (χ4n) is 3.16. The molecule has 0 radical (unpaired) electrons. The fourth-order valence-corrected chi connectivity index (χ4v) is 3.56. The Morgan fingerprint density at radius 3 is 2.60 bits per heavy atom. The van der Waals surface area contributed by atoms with Crippen molar-refractivity contribution < 1.29 is 14.3 Å². The van der Waals surface area contributed by atoms with Crippen LogP contribution >= 0.6 is 15.9 Å². The van der Waals surface area contributed by atoms with Crippen LogP contribution in [-0.4, -0.2) is 25.9 Å². The molecule has 1 heterocycles. The van der Waals surface area contributed by atoms with E-state index in [2.05, 4.69) is 33.4 Å². The molecule has 0 bridgehead atoms. The first-order chi connectivity index (χ1) is 12.2. The number of alkyl carbamates (subject to hydrolysis) is 1. The summed E-state index contributed by atoms with van der Waals surface area (Å²) in [6.45, 7) is 2.22. The Morgan fingerprint density at radius 1 is 1.12 bits per heavy atom. The van der Waals surface area contributed by atoms with Gasteiger partial charge in [-0.1, -0.05) is 58.4 Å². The molecular formula is C20H22BrNO3. The Bertz CT molecular complexity index is 699. The van der Waals surface area contributed by atoms with E-state index in [0.717, 1.165) is 22.9 Å². The molecule has 1 amide bonds. The van der Waals surface area contributed by atoms with Gasteiger partial charge in [0.25, 0.3) is 0 Å². The summed E-state index contributed by atoms with van der Waals surface area (Å²) in [5.74, 6) is 0. The molecule has 1 aliphatic rings. The van der Waals surface area contributed by atoms with Crippen LogP contribution in [0.1, 0.15) is 24.0 Å². The van der Waals surface area contributed by atoms with Crippen molar-refractivity contribution in [3.8, 4) is 0 Å². The lowest BCUT2D eigenvalue weighted by Gasteiger charge is -2.37. The second kappa shape index (κ2) is 8.50.